The fraction of sp³-hybridized carbons (Fsp3) is 0.444. The Kier molecular flexibility index (Phi) is 7.34. The average molecular weight is 467 g/mol. The maximum atomic E-state index is 12.5. The van der Waals surface area contributed by atoms with E-state index in [0.717, 1.165) is 22.3 Å². The van der Waals surface area contributed by atoms with Crippen molar-refractivity contribution >= 4 is 18.0 Å². The molecule has 0 bridgehead atoms. The summed E-state index contributed by atoms with van der Waals surface area (Å²) >= 11 is 0. The van der Waals surface area contributed by atoms with E-state index in [2.05, 4.69) is 34.9 Å². The molecular formula is C27H34N2O5. The normalized spacial score (nSPS) is 14.0. The summed E-state index contributed by atoms with van der Waals surface area (Å²) in [4.78, 5) is 36.4. The summed E-state index contributed by atoms with van der Waals surface area (Å²) in [6, 6.07) is 15.3. The number of carboxylic acid groups (broad SMARTS) is 1. The number of carbonyl (C=O) groups excluding carboxylic acids is 2. The van der Waals surface area contributed by atoms with Crippen LogP contribution in [0.5, 0.6) is 0 Å². The molecule has 1 aliphatic carbocycles. The highest BCUT2D eigenvalue weighted by molar-refractivity contribution is 5.84. The van der Waals surface area contributed by atoms with E-state index in [0.29, 0.717) is 0 Å². The highest BCUT2D eigenvalue weighted by atomic mass is 16.5. The highest BCUT2D eigenvalue weighted by Crippen LogP contribution is 2.44. The summed E-state index contributed by atoms with van der Waals surface area (Å²) in [7, 11) is 0. The molecule has 2 aromatic rings. The molecule has 0 saturated carbocycles. The first kappa shape index (κ1) is 25.3. The van der Waals surface area contributed by atoms with Gasteiger partial charge in [-0.2, -0.15) is 0 Å². The summed E-state index contributed by atoms with van der Waals surface area (Å²) in [5.41, 5.74) is 3.39. The van der Waals surface area contributed by atoms with Crippen molar-refractivity contribution in [3.8, 4) is 11.1 Å². The fourth-order valence-corrected chi connectivity index (χ4v) is 4.32. The maximum Gasteiger partial charge on any atom is 0.407 e. The van der Waals surface area contributed by atoms with Crippen LogP contribution in [0.15, 0.2) is 48.5 Å². The van der Waals surface area contributed by atoms with Gasteiger partial charge in [-0.1, -0.05) is 83.1 Å². The number of carbonyl (C=O) groups is 3. The lowest BCUT2D eigenvalue weighted by molar-refractivity contribution is -0.145. The predicted octanol–water partition coefficient (Wildman–Crippen LogP) is 4.56. The lowest BCUT2D eigenvalue weighted by Gasteiger charge is -2.30. The molecule has 0 aliphatic heterocycles. The van der Waals surface area contributed by atoms with Crippen molar-refractivity contribution in [1.29, 1.82) is 0 Å². The zero-order chi connectivity index (χ0) is 25.1. The highest BCUT2D eigenvalue weighted by Gasteiger charge is 2.34. The molecule has 7 nitrogen and oxygen atoms in total. The first-order valence-electron chi connectivity index (χ1n) is 11.5. The Morgan fingerprint density at radius 3 is 1.97 bits per heavy atom. The van der Waals surface area contributed by atoms with E-state index in [1.165, 1.54) is 0 Å². The smallest absolute Gasteiger partial charge is 0.407 e. The van der Waals surface area contributed by atoms with Crippen LogP contribution in [0, 0.1) is 10.8 Å². The minimum absolute atomic E-state index is 0.0257. The van der Waals surface area contributed by atoms with Gasteiger partial charge in [-0.25, -0.2) is 9.59 Å². The molecule has 0 aromatic heterocycles. The van der Waals surface area contributed by atoms with Crippen molar-refractivity contribution in [1.82, 2.24) is 10.6 Å². The van der Waals surface area contributed by atoms with E-state index < -0.39 is 28.9 Å². The first-order chi connectivity index (χ1) is 15.9. The molecule has 7 heteroatoms. The van der Waals surface area contributed by atoms with Gasteiger partial charge >= 0.3 is 12.1 Å². The summed E-state index contributed by atoms with van der Waals surface area (Å²) in [5, 5.41) is 14.8. The number of hydrogen-bond acceptors (Lipinski definition) is 4. The van der Waals surface area contributed by atoms with E-state index >= 15 is 0 Å². The Labute approximate surface area is 200 Å². The van der Waals surface area contributed by atoms with Crippen LogP contribution in [0.1, 0.15) is 58.1 Å². The van der Waals surface area contributed by atoms with Crippen molar-refractivity contribution in [2.75, 3.05) is 13.2 Å². The van der Waals surface area contributed by atoms with Crippen molar-refractivity contribution < 1.29 is 24.2 Å². The van der Waals surface area contributed by atoms with Crippen LogP contribution in [0.3, 0.4) is 0 Å². The van der Waals surface area contributed by atoms with Crippen LogP contribution in [0.4, 0.5) is 4.79 Å². The van der Waals surface area contributed by atoms with E-state index in [1.807, 2.05) is 38.1 Å². The number of alkyl carbamates (subject to hydrolysis) is 1. The lowest BCUT2D eigenvalue weighted by Crippen LogP contribution is -2.50. The van der Waals surface area contributed by atoms with Gasteiger partial charge in [-0.15, -0.1) is 0 Å². The van der Waals surface area contributed by atoms with Gasteiger partial charge in [0.15, 0.2) is 0 Å². The van der Waals surface area contributed by atoms with Crippen LogP contribution in [0.2, 0.25) is 0 Å². The molecule has 0 heterocycles. The molecule has 1 unspecified atom stereocenters. The van der Waals surface area contributed by atoms with Gasteiger partial charge in [0.05, 0.1) is 0 Å². The maximum absolute atomic E-state index is 12.5. The fourth-order valence-electron chi connectivity index (χ4n) is 4.32. The number of ether oxygens (including phenoxy) is 1. The first-order valence-corrected chi connectivity index (χ1v) is 11.5. The zero-order valence-corrected chi connectivity index (χ0v) is 20.5. The molecule has 0 fully saturated rings. The second-order valence-electron chi connectivity index (χ2n) is 10.7. The number of fused-ring (bicyclic) bond motifs is 3. The molecule has 3 N–H and O–H groups in total. The third-order valence-electron chi connectivity index (χ3n) is 6.11. The zero-order valence-electron chi connectivity index (χ0n) is 20.5. The number of nitrogens with one attached hydrogen (secondary N) is 2. The summed E-state index contributed by atoms with van der Waals surface area (Å²) in [6.07, 6.45) is -0.482. The molecule has 2 aromatic carbocycles. The Balaban J connectivity index is 1.53. The van der Waals surface area contributed by atoms with E-state index in [-0.39, 0.29) is 31.4 Å². The van der Waals surface area contributed by atoms with E-state index in [9.17, 15) is 19.5 Å². The predicted molar refractivity (Wildman–Crippen MR) is 130 cm³/mol. The Morgan fingerprint density at radius 2 is 1.47 bits per heavy atom. The summed E-state index contributed by atoms with van der Waals surface area (Å²) in [5.74, 6) is -1.47. The Hall–Kier alpha value is -3.35. The van der Waals surface area contributed by atoms with Gasteiger partial charge in [0.25, 0.3) is 0 Å². The number of benzene rings is 2. The second kappa shape index (κ2) is 9.87. The van der Waals surface area contributed by atoms with Crippen LogP contribution >= 0.6 is 0 Å². The average Bonchev–Trinajstić information content (AvgIpc) is 3.07. The molecule has 0 saturated heterocycles. The van der Waals surface area contributed by atoms with Crippen LogP contribution in [0.25, 0.3) is 11.1 Å². The standard InChI is InChI=1S/C27H34N2O5/c1-26(2,3)23(24(31)32)29-22(30)14-27(4,5)16-28-25(33)34-15-21-19-12-8-6-10-17(19)18-11-7-9-13-20(18)21/h6-13,21,23H,14-16H2,1-5H3,(H,28,33)(H,29,30)(H,31,32). The molecule has 1 aliphatic rings. The molecule has 3 rings (SSSR count). The molecule has 182 valence electrons. The number of amides is 2. The van der Waals surface area contributed by atoms with E-state index in [1.54, 1.807) is 20.8 Å². The summed E-state index contributed by atoms with van der Waals surface area (Å²) < 4.78 is 5.55. The van der Waals surface area contributed by atoms with Crippen LogP contribution in [-0.2, 0) is 14.3 Å². The molecule has 34 heavy (non-hydrogen) atoms. The van der Waals surface area contributed by atoms with Crippen molar-refractivity contribution in [2.24, 2.45) is 10.8 Å². The van der Waals surface area contributed by atoms with Gasteiger partial charge in [-0.05, 0) is 33.1 Å². The number of aliphatic carboxylic acids is 1. The summed E-state index contributed by atoms with van der Waals surface area (Å²) in [6.45, 7) is 9.38. The monoisotopic (exact) mass is 466 g/mol. The van der Waals surface area contributed by atoms with Gasteiger partial charge in [0.1, 0.15) is 12.6 Å². The molecular weight excluding hydrogens is 432 g/mol. The third-order valence-corrected chi connectivity index (χ3v) is 6.11. The Bertz CT molecular complexity index is 1030. The SMILES string of the molecule is CC(C)(CNC(=O)OCC1c2ccccc2-c2ccccc21)CC(=O)NC(C(=O)O)C(C)(C)C. The number of rotatable bonds is 8. The molecule has 2 amide bonds. The van der Waals surface area contributed by atoms with Crippen molar-refractivity contribution in [2.45, 2.75) is 53.0 Å². The van der Waals surface area contributed by atoms with Gasteiger partial charge < -0.3 is 20.5 Å². The van der Waals surface area contributed by atoms with Gasteiger partial charge in [-0.3, -0.25) is 4.79 Å². The Morgan fingerprint density at radius 1 is 0.941 bits per heavy atom. The van der Waals surface area contributed by atoms with Crippen molar-refractivity contribution in [3.63, 3.8) is 0 Å². The van der Waals surface area contributed by atoms with Crippen LogP contribution in [-0.4, -0.2) is 42.3 Å². The molecule has 0 spiro atoms. The largest absolute Gasteiger partial charge is 0.480 e. The minimum atomic E-state index is -1.07. The van der Waals surface area contributed by atoms with E-state index in [4.69, 9.17) is 4.74 Å². The van der Waals surface area contributed by atoms with Gasteiger partial charge in [0, 0.05) is 18.9 Å². The number of hydrogen-bond donors (Lipinski definition) is 3. The number of carboxylic acids is 1. The quantitative estimate of drug-likeness (QED) is 0.529. The topological polar surface area (TPSA) is 105 Å². The lowest BCUT2D eigenvalue weighted by atomic mass is 9.85. The van der Waals surface area contributed by atoms with Gasteiger partial charge in [0.2, 0.25) is 5.91 Å². The third kappa shape index (κ3) is 5.95. The van der Waals surface area contributed by atoms with Crippen molar-refractivity contribution in [3.05, 3.63) is 59.7 Å². The van der Waals surface area contributed by atoms with Crippen LogP contribution < -0.4 is 10.6 Å². The molecule has 0 radical (unpaired) electrons. The second-order valence-corrected chi connectivity index (χ2v) is 10.7. The minimum Gasteiger partial charge on any atom is -0.480 e. The molecule has 1 atom stereocenters.